The predicted molar refractivity (Wildman–Crippen MR) is 125 cm³/mol. The maximum atomic E-state index is 14.5. The van der Waals surface area contributed by atoms with Crippen LogP contribution in [0.5, 0.6) is 23.1 Å². The Morgan fingerprint density at radius 2 is 1.83 bits per heavy atom. The van der Waals surface area contributed by atoms with Crippen molar-refractivity contribution in [1.82, 2.24) is 9.97 Å². The number of halogens is 1. The topological polar surface area (TPSA) is 106 Å². The molecule has 0 fully saturated rings. The monoisotopic (exact) mass is 479 g/mol. The highest BCUT2D eigenvalue weighted by Crippen LogP contribution is 2.41. The molecule has 4 rings (SSSR count). The lowest BCUT2D eigenvalue weighted by Crippen LogP contribution is -2.19. The molecule has 1 atom stereocenters. The van der Waals surface area contributed by atoms with Gasteiger partial charge in [-0.1, -0.05) is 30.3 Å². The van der Waals surface area contributed by atoms with E-state index in [4.69, 9.17) is 18.9 Å². The van der Waals surface area contributed by atoms with Crippen LogP contribution in [-0.2, 0) is 11.3 Å². The summed E-state index contributed by atoms with van der Waals surface area (Å²) in [5, 5.41) is 11.3. The number of nitro benzene ring substituents is 1. The average Bonchev–Trinajstić information content (AvgIpc) is 2.86. The van der Waals surface area contributed by atoms with Gasteiger partial charge in [-0.15, -0.1) is 0 Å². The zero-order valence-corrected chi connectivity index (χ0v) is 19.0. The number of benzene rings is 3. The molecule has 0 amide bonds. The molecule has 0 aliphatic carbocycles. The number of rotatable bonds is 10. The molecule has 0 radical (unpaired) electrons. The number of aromatic nitrogens is 2. The fraction of sp³-hybridized carbons (Fsp3) is 0.200. The molecule has 9 nitrogen and oxygen atoms in total. The first-order chi connectivity index (χ1) is 17.0. The van der Waals surface area contributed by atoms with Crippen LogP contribution in [0.1, 0.15) is 12.5 Å². The number of hydrogen-bond donors (Lipinski definition) is 0. The van der Waals surface area contributed by atoms with E-state index in [1.807, 2.05) is 37.3 Å². The van der Waals surface area contributed by atoms with Crippen molar-refractivity contribution in [2.24, 2.45) is 0 Å². The van der Waals surface area contributed by atoms with Gasteiger partial charge >= 0.3 is 0 Å². The van der Waals surface area contributed by atoms with Crippen molar-refractivity contribution in [3.05, 3.63) is 88.5 Å². The van der Waals surface area contributed by atoms with Crippen molar-refractivity contribution in [2.45, 2.75) is 19.6 Å². The summed E-state index contributed by atoms with van der Waals surface area (Å²) in [6.07, 6.45) is 0.881. The van der Waals surface area contributed by atoms with Gasteiger partial charge in [-0.05, 0) is 30.7 Å². The second-order valence-electron chi connectivity index (χ2n) is 7.57. The minimum atomic E-state index is -0.904. The summed E-state index contributed by atoms with van der Waals surface area (Å²) in [5.74, 6) is -0.424. The Kier molecular flexibility index (Phi) is 7.32. The van der Waals surface area contributed by atoms with E-state index in [9.17, 15) is 14.5 Å². The molecule has 35 heavy (non-hydrogen) atoms. The minimum Gasteiger partial charge on any atom is -0.493 e. The SMILES string of the molecule is COc1ccc2ncnc(Oc3ccc([N+](=O)[O-])cc3F)c2c1OC(C)COCc1ccccc1. The number of nitrogens with zero attached hydrogens (tertiary/aromatic N) is 3. The Hall–Kier alpha value is -4.31. The molecule has 0 saturated heterocycles. The molecule has 1 heterocycles. The Labute approximate surface area is 200 Å². The van der Waals surface area contributed by atoms with Gasteiger partial charge in [-0.3, -0.25) is 10.1 Å². The van der Waals surface area contributed by atoms with Crippen LogP contribution in [0.15, 0.2) is 67.0 Å². The molecular weight excluding hydrogens is 457 g/mol. The van der Waals surface area contributed by atoms with Crippen LogP contribution < -0.4 is 14.2 Å². The van der Waals surface area contributed by atoms with Gasteiger partial charge in [-0.2, -0.15) is 0 Å². The third kappa shape index (κ3) is 5.61. The lowest BCUT2D eigenvalue weighted by Gasteiger charge is -2.19. The summed E-state index contributed by atoms with van der Waals surface area (Å²) in [6.45, 7) is 2.55. The molecule has 4 aromatic rings. The molecule has 0 bridgehead atoms. The number of ether oxygens (including phenoxy) is 4. The molecule has 0 aliphatic rings. The first kappa shape index (κ1) is 23.8. The molecule has 180 valence electrons. The van der Waals surface area contributed by atoms with Gasteiger partial charge < -0.3 is 18.9 Å². The Morgan fingerprint density at radius 1 is 1.06 bits per heavy atom. The van der Waals surface area contributed by atoms with Gasteiger partial charge in [0.15, 0.2) is 23.1 Å². The molecule has 0 aliphatic heterocycles. The van der Waals surface area contributed by atoms with Crippen LogP contribution >= 0.6 is 0 Å². The fourth-order valence-corrected chi connectivity index (χ4v) is 3.37. The second-order valence-corrected chi connectivity index (χ2v) is 7.57. The first-order valence-corrected chi connectivity index (χ1v) is 10.7. The standard InChI is InChI=1S/C25H22FN3O6/c1-16(13-33-14-17-6-4-3-5-7-17)34-24-22(32-2)11-9-20-23(24)25(28-15-27-20)35-21-10-8-18(29(30)31)12-19(21)26/h3-12,15-16H,13-14H2,1-2H3. The van der Waals surface area contributed by atoms with Crippen LogP contribution in [0.4, 0.5) is 10.1 Å². The summed E-state index contributed by atoms with van der Waals surface area (Å²) >= 11 is 0. The molecule has 10 heteroatoms. The zero-order valence-electron chi connectivity index (χ0n) is 19.0. The summed E-state index contributed by atoms with van der Waals surface area (Å²) < 4.78 is 37.6. The third-order valence-electron chi connectivity index (χ3n) is 5.02. The van der Waals surface area contributed by atoms with Gasteiger partial charge in [0.1, 0.15) is 17.8 Å². The van der Waals surface area contributed by atoms with E-state index in [1.165, 1.54) is 19.5 Å². The van der Waals surface area contributed by atoms with Crippen molar-refractivity contribution in [1.29, 1.82) is 0 Å². The normalized spacial score (nSPS) is 11.7. The largest absolute Gasteiger partial charge is 0.493 e. The third-order valence-corrected chi connectivity index (χ3v) is 5.02. The van der Waals surface area contributed by atoms with E-state index in [0.717, 1.165) is 17.7 Å². The maximum absolute atomic E-state index is 14.5. The lowest BCUT2D eigenvalue weighted by molar-refractivity contribution is -0.385. The zero-order chi connectivity index (χ0) is 24.8. The van der Waals surface area contributed by atoms with Gasteiger partial charge in [-0.25, -0.2) is 14.4 Å². The number of nitro groups is 1. The van der Waals surface area contributed by atoms with Crippen molar-refractivity contribution < 1.29 is 28.3 Å². The van der Waals surface area contributed by atoms with Crippen molar-refractivity contribution in [3.8, 4) is 23.1 Å². The smallest absolute Gasteiger partial charge is 0.272 e. The quantitative estimate of drug-likeness (QED) is 0.218. The molecule has 0 spiro atoms. The van der Waals surface area contributed by atoms with E-state index >= 15 is 0 Å². The summed E-state index contributed by atoms with van der Waals surface area (Å²) in [7, 11) is 1.49. The average molecular weight is 479 g/mol. The maximum Gasteiger partial charge on any atom is 0.272 e. The van der Waals surface area contributed by atoms with E-state index in [1.54, 1.807) is 12.1 Å². The Balaban J connectivity index is 1.61. The lowest BCUT2D eigenvalue weighted by atomic mass is 10.2. The van der Waals surface area contributed by atoms with Crippen LogP contribution in [0.3, 0.4) is 0 Å². The summed E-state index contributed by atoms with van der Waals surface area (Å²) in [6, 6.07) is 16.2. The highest BCUT2D eigenvalue weighted by atomic mass is 19.1. The van der Waals surface area contributed by atoms with Crippen molar-refractivity contribution >= 4 is 16.6 Å². The van der Waals surface area contributed by atoms with E-state index in [2.05, 4.69) is 9.97 Å². The molecule has 0 N–H and O–H groups in total. The van der Waals surface area contributed by atoms with Gasteiger partial charge in [0.2, 0.25) is 5.88 Å². The number of non-ortho nitro benzene ring substituents is 1. The van der Waals surface area contributed by atoms with Crippen LogP contribution in [0.2, 0.25) is 0 Å². The number of hydrogen-bond acceptors (Lipinski definition) is 8. The van der Waals surface area contributed by atoms with E-state index < -0.39 is 16.4 Å². The first-order valence-electron chi connectivity index (χ1n) is 10.7. The fourth-order valence-electron chi connectivity index (χ4n) is 3.37. The van der Waals surface area contributed by atoms with Crippen LogP contribution in [-0.4, -0.2) is 34.7 Å². The van der Waals surface area contributed by atoms with Crippen LogP contribution in [0, 0.1) is 15.9 Å². The number of fused-ring (bicyclic) bond motifs is 1. The van der Waals surface area contributed by atoms with Gasteiger partial charge in [0, 0.05) is 6.07 Å². The van der Waals surface area contributed by atoms with E-state index in [-0.39, 0.29) is 24.3 Å². The summed E-state index contributed by atoms with van der Waals surface area (Å²) in [4.78, 5) is 18.6. The minimum absolute atomic E-state index is 0.00839. The van der Waals surface area contributed by atoms with Crippen molar-refractivity contribution in [3.63, 3.8) is 0 Å². The van der Waals surface area contributed by atoms with Gasteiger partial charge in [0.25, 0.3) is 5.69 Å². The summed E-state index contributed by atoms with van der Waals surface area (Å²) in [5.41, 5.74) is 1.12. The highest BCUT2D eigenvalue weighted by molar-refractivity contribution is 5.92. The molecule has 3 aromatic carbocycles. The molecule has 0 saturated carbocycles. The van der Waals surface area contributed by atoms with E-state index in [0.29, 0.717) is 29.0 Å². The van der Waals surface area contributed by atoms with Crippen LogP contribution in [0.25, 0.3) is 10.9 Å². The van der Waals surface area contributed by atoms with Gasteiger partial charge in [0.05, 0.1) is 36.8 Å². The molecule has 1 unspecified atom stereocenters. The predicted octanol–water partition coefficient (Wildman–Crippen LogP) is 5.46. The Bertz CT molecular complexity index is 1340. The Morgan fingerprint density at radius 3 is 2.54 bits per heavy atom. The highest BCUT2D eigenvalue weighted by Gasteiger charge is 2.21. The molecular formula is C25H22FN3O6. The second kappa shape index (κ2) is 10.7. The number of methoxy groups -OCH3 is 1. The van der Waals surface area contributed by atoms with Crippen molar-refractivity contribution in [2.75, 3.05) is 13.7 Å². The molecule has 1 aromatic heterocycles.